The first kappa shape index (κ1) is 20.5. The normalized spacial score (nSPS) is 11.0. The van der Waals surface area contributed by atoms with Crippen molar-refractivity contribution in [1.82, 2.24) is 0 Å². The fraction of sp³-hybridized carbons (Fsp3) is 0.192. The van der Waals surface area contributed by atoms with Crippen LogP contribution in [0.5, 0.6) is 17.2 Å². The summed E-state index contributed by atoms with van der Waals surface area (Å²) >= 11 is 0. The van der Waals surface area contributed by atoms with Crippen LogP contribution in [0, 0.1) is 20.8 Å². The van der Waals surface area contributed by atoms with Gasteiger partial charge in [0.1, 0.15) is 17.1 Å². The number of carbonyl (C=O) groups excluding carboxylic acids is 1. The second-order valence-electron chi connectivity index (χ2n) is 7.64. The number of aryl methyl sites for hydroxylation is 2. The molecule has 0 saturated heterocycles. The summed E-state index contributed by atoms with van der Waals surface area (Å²) in [5.41, 5.74) is 5.15. The highest BCUT2D eigenvalue weighted by Crippen LogP contribution is 2.39. The van der Waals surface area contributed by atoms with Crippen molar-refractivity contribution in [1.29, 1.82) is 0 Å². The third-order valence-electron chi connectivity index (χ3n) is 5.62. The number of aromatic hydroxyl groups is 1. The summed E-state index contributed by atoms with van der Waals surface area (Å²) in [4.78, 5) is 13.7. The van der Waals surface area contributed by atoms with Gasteiger partial charge in [-0.1, -0.05) is 12.1 Å². The lowest BCUT2D eigenvalue weighted by atomic mass is 9.94. The van der Waals surface area contributed by atoms with E-state index in [0.29, 0.717) is 39.5 Å². The van der Waals surface area contributed by atoms with Crippen LogP contribution in [-0.4, -0.2) is 25.1 Å². The largest absolute Gasteiger partial charge is 0.504 e. The van der Waals surface area contributed by atoms with Crippen molar-refractivity contribution in [3.63, 3.8) is 0 Å². The number of rotatable bonds is 5. The Labute approximate surface area is 180 Å². The Morgan fingerprint density at radius 2 is 1.65 bits per heavy atom. The van der Waals surface area contributed by atoms with Crippen LogP contribution in [0.1, 0.15) is 32.6 Å². The van der Waals surface area contributed by atoms with E-state index >= 15 is 0 Å². The quantitative estimate of drug-likeness (QED) is 0.405. The van der Waals surface area contributed by atoms with Crippen molar-refractivity contribution in [2.45, 2.75) is 20.8 Å². The molecule has 1 N–H and O–H groups in total. The number of phenolic OH excluding ortho intramolecular Hbond substituents is 1. The Morgan fingerprint density at radius 1 is 0.903 bits per heavy atom. The Balaban J connectivity index is 1.97. The van der Waals surface area contributed by atoms with Crippen LogP contribution in [0.2, 0.25) is 0 Å². The van der Waals surface area contributed by atoms with Crippen molar-refractivity contribution >= 4 is 16.8 Å². The molecule has 0 spiro atoms. The maximum atomic E-state index is 13.7. The molecule has 0 amide bonds. The number of hydrogen-bond donors (Lipinski definition) is 1. The first-order valence-corrected chi connectivity index (χ1v) is 9.94. The summed E-state index contributed by atoms with van der Waals surface area (Å²) in [5.74, 6) is 1.22. The maximum Gasteiger partial charge on any atom is 0.197 e. The van der Waals surface area contributed by atoms with Crippen LogP contribution in [0.25, 0.3) is 22.3 Å². The van der Waals surface area contributed by atoms with E-state index in [-0.39, 0.29) is 11.5 Å². The van der Waals surface area contributed by atoms with Gasteiger partial charge in [0.05, 0.1) is 19.8 Å². The van der Waals surface area contributed by atoms with Crippen LogP contribution in [0.3, 0.4) is 0 Å². The van der Waals surface area contributed by atoms with E-state index in [1.165, 1.54) is 7.11 Å². The molecule has 1 aromatic heterocycles. The minimum absolute atomic E-state index is 0.0251. The monoisotopic (exact) mass is 416 g/mol. The molecule has 3 aromatic carbocycles. The van der Waals surface area contributed by atoms with E-state index in [4.69, 9.17) is 13.9 Å². The van der Waals surface area contributed by atoms with Crippen molar-refractivity contribution < 1.29 is 23.8 Å². The Morgan fingerprint density at radius 3 is 2.32 bits per heavy atom. The zero-order chi connectivity index (χ0) is 22.3. The van der Waals surface area contributed by atoms with Crippen molar-refractivity contribution in [3.8, 4) is 28.6 Å². The highest BCUT2D eigenvalue weighted by Gasteiger charge is 2.25. The van der Waals surface area contributed by atoms with Crippen molar-refractivity contribution in [3.05, 3.63) is 76.3 Å². The summed E-state index contributed by atoms with van der Waals surface area (Å²) in [6.07, 6.45) is 0. The molecule has 0 radical (unpaired) electrons. The molecule has 4 rings (SSSR count). The van der Waals surface area contributed by atoms with Gasteiger partial charge in [0.25, 0.3) is 0 Å². The van der Waals surface area contributed by atoms with Crippen LogP contribution in [-0.2, 0) is 0 Å². The fourth-order valence-corrected chi connectivity index (χ4v) is 3.78. The highest BCUT2D eigenvalue weighted by atomic mass is 16.5. The second-order valence-corrected chi connectivity index (χ2v) is 7.64. The number of benzene rings is 3. The molecular weight excluding hydrogens is 392 g/mol. The topological polar surface area (TPSA) is 68.9 Å². The summed E-state index contributed by atoms with van der Waals surface area (Å²) in [6.45, 7) is 5.88. The van der Waals surface area contributed by atoms with Gasteiger partial charge in [-0.25, -0.2) is 0 Å². The molecule has 5 heteroatoms. The van der Waals surface area contributed by atoms with Gasteiger partial charge in [-0.05, 0) is 73.9 Å². The molecule has 0 unspecified atom stereocenters. The molecular formula is C26H24O5. The van der Waals surface area contributed by atoms with Gasteiger partial charge in [0, 0.05) is 16.5 Å². The average Bonchev–Trinajstić information content (AvgIpc) is 3.13. The van der Waals surface area contributed by atoms with E-state index in [0.717, 1.165) is 22.1 Å². The van der Waals surface area contributed by atoms with E-state index in [1.807, 2.05) is 45.0 Å². The smallest absolute Gasteiger partial charge is 0.197 e. The Kier molecular flexibility index (Phi) is 5.19. The minimum atomic E-state index is -0.172. The highest BCUT2D eigenvalue weighted by molar-refractivity contribution is 6.19. The number of ketones is 1. The minimum Gasteiger partial charge on any atom is -0.504 e. The number of hydrogen-bond acceptors (Lipinski definition) is 5. The number of methoxy groups -OCH3 is 2. The number of phenols is 1. The number of ether oxygens (including phenoxy) is 2. The van der Waals surface area contributed by atoms with E-state index in [1.54, 1.807) is 31.4 Å². The number of fused-ring (bicyclic) bond motifs is 1. The summed E-state index contributed by atoms with van der Waals surface area (Å²) in [7, 11) is 3.08. The summed E-state index contributed by atoms with van der Waals surface area (Å²) in [6, 6.07) is 14.3. The molecule has 158 valence electrons. The first-order valence-electron chi connectivity index (χ1n) is 9.94. The lowest BCUT2D eigenvalue weighted by molar-refractivity contribution is 0.104. The third kappa shape index (κ3) is 3.52. The SMILES string of the molecule is COc1ccc(-c2oc3cc(C)ccc3c2C(=O)c2cc(C)c(C)c(OC)c2)cc1O. The van der Waals surface area contributed by atoms with Crippen molar-refractivity contribution in [2.75, 3.05) is 14.2 Å². The van der Waals surface area contributed by atoms with Gasteiger partial charge in [0.15, 0.2) is 17.3 Å². The van der Waals surface area contributed by atoms with Gasteiger partial charge < -0.3 is 19.0 Å². The molecule has 0 aliphatic rings. The van der Waals surface area contributed by atoms with Crippen LogP contribution >= 0.6 is 0 Å². The fourth-order valence-electron chi connectivity index (χ4n) is 3.78. The predicted molar refractivity (Wildman–Crippen MR) is 121 cm³/mol. The van der Waals surface area contributed by atoms with Gasteiger partial charge in [0.2, 0.25) is 0 Å². The Hall–Kier alpha value is -3.73. The second kappa shape index (κ2) is 7.84. The lowest BCUT2D eigenvalue weighted by Gasteiger charge is -2.11. The van der Waals surface area contributed by atoms with E-state index in [9.17, 15) is 9.90 Å². The van der Waals surface area contributed by atoms with Crippen LogP contribution in [0.4, 0.5) is 0 Å². The Bertz CT molecular complexity index is 1310. The molecule has 0 aliphatic carbocycles. The van der Waals surface area contributed by atoms with Crippen molar-refractivity contribution in [2.24, 2.45) is 0 Å². The standard InChI is InChI=1S/C26H24O5/c1-14-6-8-19-23(10-14)31-26(17-7-9-21(29-4)20(27)12-17)24(19)25(28)18-11-15(2)16(3)22(13-18)30-5/h6-13,27H,1-5H3. The molecule has 5 nitrogen and oxygen atoms in total. The number of carbonyl (C=O) groups is 1. The van der Waals surface area contributed by atoms with E-state index < -0.39 is 0 Å². The first-order chi connectivity index (χ1) is 14.8. The molecule has 1 heterocycles. The molecule has 31 heavy (non-hydrogen) atoms. The van der Waals surface area contributed by atoms with Crippen LogP contribution < -0.4 is 9.47 Å². The number of furan rings is 1. The lowest BCUT2D eigenvalue weighted by Crippen LogP contribution is -2.04. The summed E-state index contributed by atoms with van der Waals surface area (Å²) in [5, 5.41) is 11.0. The zero-order valence-electron chi connectivity index (χ0n) is 18.2. The molecule has 0 saturated carbocycles. The summed E-state index contributed by atoms with van der Waals surface area (Å²) < 4.78 is 16.8. The third-order valence-corrected chi connectivity index (χ3v) is 5.62. The molecule has 4 aromatic rings. The van der Waals surface area contributed by atoms with Gasteiger partial charge in [-0.15, -0.1) is 0 Å². The zero-order valence-corrected chi connectivity index (χ0v) is 18.2. The van der Waals surface area contributed by atoms with Gasteiger partial charge in [-0.2, -0.15) is 0 Å². The molecule has 0 bridgehead atoms. The maximum absolute atomic E-state index is 13.7. The van der Waals surface area contributed by atoms with E-state index in [2.05, 4.69) is 0 Å². The predicted octanol–water partition coefficient (Wildman–Crippen LogP) is 5.98. The van der Waals surface area contributed by atoms with Crippen LogP contribution in [0.15, 0.2) is 52.9 Å². The van der Waals surface area contributed by atoms with Gasteiger partial charge >= 0.3 is 0 Å². The molecule has 0 aliphatic heterocycles. The molecule has 0 atom stereocenters. The van der Waals surface area contributed by atoms with Gasteiger partial charge in [-0.3, -0.25) is 4.79 Å². The average molecular weight is 416 g/mol. The molecule has 0 fully saturated rings.